The van der Waals surface area contributed by atoms with Gasteiger partial charge in [-0.2, -0.15) is 0 Å². The zero-order chi connectivity index (χ0) is 23.3. The van der Waals surface area contributed by atoms with Gasteiger partial charge in [-0.3, -0.25) is 9.52 Å². The van der Waals surface area contributed by atoms with Crippen molar-refractivity contribution >= 4 is 21.6 Å². The van der Waals surface area contributed by atoms with Crippen molar-refractivity contribution in [2.45, 2.75) is 24.2 Å². The molecule has 8 heteroatoms. The summed E-state index contributed by atoms with van der Waals surface area (Å²) in [5.41, 5.74) is 0.525. The molecule has 0 aliphatic carbocycles. The largest absolute Gasteiger partial charge is 0.496 e. The number of nitrogens with one attached hydrogen (secondary N) is 1. The maximum absolute atomic E-state index is 13.2. The summed E-state index contributed by atoms with van der Waals surface area (Å²) < 4.78 is 40.2. The topological polar surface area (TPSA) is 84.9 Å². The van der Waals surface area contributed by atoms with Gasteiger partial charge >= 0.3 is 0 Å². The first kappa shape index (κ1) is 22.7. The van der Waals surface area contributed by atoms with E-state index in [2.05, 4.69) is 4.72 Å². The Morgan fingerprint density at radius 2 is 1.58 bits per heavy atom. The van der Waals surface area contributed by atoms with Crippen LogP contribution in [0.25, 0.3) is 0 Å². The number of hydrogen-bond acceptors (Lipinski definition) is 5. The predicted octanol–water partition coefficient (Wildman–Crippen LogP) is 4.91. The number of rotatable bonds is 7. The van der Waals surface area contributed by atoms with Gasteiger partial charge in [0.25, 0.3) is 15.9 Å². The van der Waals surface area contributed by atoms with Gasteiger partial charge in [0.05, 0.1) is 23.3 Å². The number of benzene rings is 3. The zero-order valence-corrected chi connectivity index (χ0v) is 19.2. The van der Waals surface area contributed by atoms with Crippen molar-refractivity contribution in [2.75, 3.05) is 24.9 Å². The maximum atomic E-state index is 13.2. The SMILES string of the molecule is COc1ccc(S(=O)(=O)Nc2ccccc2Oc2ccccc2)cc1C(=O)N1CCCCC1. The molecular weight excluding hydrogens is 440 g/mol. The number of likely N-dealkylation sites (tertiary alicyclic amines) is 1. The molecule has 0 bridgehead atoms. The van der Waals surface area contributed by atoms with Crippen LogP contribution in [0.1, 0.15) is 29.6 Å². The van der Waals surface area contributed by atoms with Gasteiger partial charge < -0.3 is 14.4 Å². The quantitative estimate of drug-likeness (QED) is 0.535. The first-order chi connectivity index (χ1) is 16.0. The Labute approximate surface area is 194 Å². The molecular formula is C25H26N2O5S. The highest BCUT2D eigenvalue weighted by Gasteiger charge is 2.25. The number of sulfonamides is 1. The number of nitrogens with zero attached hydrogens (tertiary/aromatic N) is 1. The van der Waals surface area contributed by atoms with Crippen LogP contribution in [0.4, 0.5) is 5.69 Å². The minimum absolute atomic E-state index is 0.0295. The van der Waals surface area contributed by atoms with Crippen LogP contribution in [0.2, 0.25) is 0 Å². The van der Waals surface area contributed by atoms with E-state index in [0.717, 1.165) is 19.3 Å². The number of amides is 1. The molecule has 0 spiro atoms. The van der Waals surface area contributed by atoms with Crippen molar-refractivity contribution in [3.05, 3.63) is 78.4 Å². The Bertz CT molecular complexity index is 1220. The summed E-state index contributed by atoms with van der Waals surface area (Å²) in [6.07, 6.45) is 2.96. The van der Waals surface area contributed by atoms with Gasteiger partial charge in [0, 0.05) is 13.1 Å². The molecule has 3 aromatic carbocycles. The minimum atomic E-state index is -4.00. The molecule has 1 amide bonds. The molecule has 0 aromatic heterocycles. The van der Waals surface area contributed by atoms with Crippen molar-refractivity contribution in [1.82, 2.24) is 4.90 Å². The normalized spacial score (nSPS) is 13.9. The van der Waals surface area contributed by atoms with Crippen molar-refractivity contribution in [3.8, 4) is 17.2 Å². The van der Waals surface area contributed by atoms with Crippen LogP contribution in [0, 0.1) is 0 Å². The molecule has 0 radical (unpaired) electrons. The summed E-state index contributed by atoms with van der Waals surface area (Å²) in [5.74, 6) is 1.07. The Kier molecular flexibility index (Phi) is 6.84. The Morgan fingerprint density at radius 3 is 2.30 bits per heavy atom. The van der Waals surface area contributed by atoms with Crippen molar-refractivity contribution in [3.63, 3.8) is 0 Å². The lowest BCUT2D eigenvalue weighted by Crippen LogP contribution is -2.35. The smallest absolute Gasteiger partial charge is 0.262 e. The summed E-state index contributed by atoms with van der Waals surface area (Å²) >= 11 is 0. The molecule has 1 aliphatic rings. The van der Waals surface area contributed by atoms with E-state index in [4.69, 9.17) is 9.47 Å². The molecule has 1 fully saturated rings. The molecule has 1 saturated heterocycles. The predicted molar refractivity (Wildman–Crippen MR) is 127 cm³/mol. The maximum Gasteiger partial charge on any atom is 0.262 e. The fraction of sp³-hybridized carbons (Fsp3) is 0.240. The summed E-state index contributed by atoms with van der Waals surface area (Å²) in [4.78, 5) is 14.8. The Morgan fingerprint density at radius 1 is 0.879 bits per heavy atom. The molecule has 1 aliphatic heterocycles. The second-order valence-electron chi connectivity index (χ2n) is 7.73. The molecule has 7 nitrogen and oxygen atoms in total. The highest BCUT2D eigenvalue weighted by Crippen LogP contribution is 2.32. The summed E-state index contributed by atoms with van der Waals surface area (Å²) in [6.45, 7) is 1.31. The second kappa shape index (κ2) is 9.95. The number of anilines is 1. The van der Waals surface area contributed by atoms with E-state index in [9.17, 15) is 13.2 Å². The van der Waals surface area contributed by atoms with Crippen LogP contribution in [-0.2, 0) is 10.0 Å². The second-order valence-corrected chi connectivity index (χ2v) is 9.41. The fourth-order valence-electron chi connectivity index (χ4n) is 3.75. The molecule has 0 atom stereocenters. The average molecular weight is 467 g/mol. The van der Waals surface area contributed by atoms with E-state index in [1.807, 2.05) is 18.2 Å². The molecule has 172 valence electrons. The average Bonchev–Trinajstić information content (AvgIpc) is 2.85. The standard InChI is InChI=1S/C25H26N2O5S/c1-31-23-15-14-20(18-21(23)25(28)27-16-8-3-9-17-27)33(29,30)26-22-12-6-7-13-24(22)32-19-10-4-2-5-11-19/h2,4-7,10-15,18,26H,3,8-9,16-17H2,1H3. The van der Waals surface area contributed by atoms with Crippen LogP contribution in [-0.4, -0.2) is 39.4 Å². The van der Waals surface area contributed by atoms with E-state index < -0.39 is 10.0 Å². The third-order valence-electron chi connectivity index (χ3n) is 5.46. The fourth-order valence-corrected chi connectivity index (χ4v) is 4.84. The van der Waals surface area contributed by atoms with Gasteiger partial charge in [-0.05, 0) is 61.7 Å². The van der Waals surface area contributed by atoms with Crippen LogP contribution in [0.3, 0.4) is 0 Å². The minimum Gasteiger partial charge on any atom is -0.496 e. The number of piperidine rings is 1. The van der Waals surface area contributed by atoms with E-state index in [-0.39, 0.29) is 16.4 Å². The lowest BCUT2D eigenvalue weighted by molar-refractivity contribution is 0.0720. The monoisotopic (exact) mass is 466 g/mol. The van der Waals surface area contributed by atoms with Crippen LogP contribution >= 0.6 is 0 Å². The summed E-state index contributed by atoms with van der Waals surface area (Å²) in [5, 5.41) is 0. The number of carbonyl (C=O) groups excluding carboxylic acids is 1. The van der Waals surface area contributed by atoms with E-state index >= 15 is 0 Å². The summed E-state index contributed by atoms with van der Waals surface area (Å²) in [6, 6.07) is 20.2. The molecule has 1 heterocycles. The molecule has 4 rings (SSSR count). The van der Waals surface area contributed by atoms with Crippen molar-refractivity contribution in [1.29, 1.82) is 0 Å². The van der Waals surface area contributed by atoms with Crippen molar-refractivity contribution < 1.29 is 22.7 Å². The highest BCUT2D eigenvalue weighted by molar-refractivity contribution is 7.92. The number of carbonyl (C=O) groups is 1. The van der Waals surface area contributed by atoms with Gasteiger partial charge in [0.15, 0.2) is 5.75 Å². The van der Waals surface area contributed by atoms with Gasteiger partial charge in [-0.25, -0.2) is 8.42 Å². The Hall–Kier alpha value is -3.52. The van der Waals surface area contributed by atoms with Gasteiger partial charge in [-0.1, -0.05) is 30.3 Å². The third kappa shape index (κ3) is 5.28. The van der Waals surface area contributed by atoms with Crippen LogP contribution in [0.5, 0.6) is 17.2 Å². The lowest BCUT2D eigenvalue weighted by atomic mass is 10.1. The number of hydrogen-bond donors (Lipinski definition) is 1. The highest BCUT2D eigenvalue weighted by atomic mass is 32.2. The first-order valence-corrected chi connectivity index (χ1v) is 12.3. The van der Waals surface area contributed by atoms with Gasteiger partial charge in [0.2, 0.25) is 0 Å². The molecule has 1 N–H and O–H groups in total. The van der Waals surface area contributed by atoms with E-state index in [1.54, 1.807) is 41.3 Å². The first-order valence-electron chi connectivity index (χ1n) is 10.8. The molecule has 3 aromatic rings. The van der Waals surface area contributed by atoms with Crippen LogP contribution in [0.15, 0.2) is 77.7 Å². The zero-order valence-electron chi connectivity index (χ0n) is 18.4. The molecule has 0 unspecified atom stereocenters. The number of methoxy groups -OCH3 is 1. The van der Waals surface area contributed by atoms with Crippen LogP contribution < -0.4 is 14.2 Å². The molecule has 0 saturated carbocycles. The lowest BCUT2D eigenvalue weighted by Gasteiger charge is -2.27. The third-order valence-corrected chi connectivity index (χ3v) is 6.82. The summed E-state index contributed by atoms with van der Waals surface area (Å²) in [7, 11) is -2.53. The number of para-hydroxylation sites is 3. The number of ether oxygens (including phenoxy) is 2. The van der Waals surface area contributed by atoms with E-state index in [1.165, 1.54) is 25.3 Å². The Balaban J connectivity index is 1.62. The van der Waals surface area contributed by atoms with Crippen molar-refractivity contribution in [2.24, 2.45) is 0 Å². The van der Waals surface area contributed by atoms with E-state index in [0.29, 0.717) is 36.0 Å². The van der Waals surface area contributed by atoms with Gasteiger partial charge in [-0.15, -0.1) is 0 Å². The molecule has 33 heavy (non-hydrogen) atoms. The van der Waals surface area contributed by atoms with Gasteiger partial charge in [0.1, 0.15) is 11.5 Å².